The SMILES string of the molecule is CC(C)[C@@H](NC(=O)c1cc(=O)[nH]c2ccccc12)c1ccc2c(c1)OCCO2. The Morgan fingerprint density at radius 2 is 1.79 bits per heavy atom. The van der Waals surface area contributed by atoms with Crippen LogP contribution in [0.1, 0.15) is 35.8 Å². The Labute approximate surface area is 162 Å². The van der Waals surface area contributed by atoms with Gasteiger partial charge in [0.1, 0.15) is 13.2 Å². The van der Waals surface area contributed by atoms with Crippen LogP contribution in [0, 0.1) is 5.92 Å². The van der Waals surface area contributed by atoms with Gasteiger partial charge in [-0.3, -0.25) is 9.59 Å². The number of pyridine rings is 1. The van der Waals surface area contributed by atoms with Crippen LogP contribution in [0.3, 0.4) is 0 Å². The molecule has 1 amide bonds. The van der Waals surface area contributed by atoms with E-state index in [9.17, 15) is 9.59 Å². The van der Waals surface area contributed by atoms with Gasteiger partial charge in [0.05, 0.1) is 11.6 Å². The summed E-state index contributed by atoms with van der Waals surface area (Å²) in [5, 5.41) is 3.80. The van der Waals surface area contributed by atoms with E-state index in [1.54, 1.807) is 6.07 Å². The maximum Gasteiger partial charge on any atom is 0.252 e. The first-order valence-electron chi connectivity index (χ1n) is 9.35. The van der Waals surface area contributed by atoms with Crippen molar-refractivity contribution in [3.05, 3.63) is 70.0 Å². The smallest absolute Gasteiger partial charge is 0.252 e. The number of amides is 1. The molecule has 1 aliphatic heterocycles. The highest BCUT2D eigenvalue weighted by atomic mass is 16.6. The van der Waals surface area contributed by atoms with Crippen LogP contribution in [-0.4, -0.2) is 24.1 Å². The third-order valence-corrected chi connectivity index (χ3v) is 4.87. The lowest BCUT2D eigenvalue weighted by Crippen LogP contribution is -2.32. The molecule has 4 rings (SSSR count). The summed E-state index contributed by atoms with van der Waals surface area (Å²) in [4.78, 5) is 27.8. The highest BCUT2D eigenvalue weighted by molar-refractivity contribution is 6.06. The van der Waals surface area contributed by atoms with E-state index in [-0.39, 0.29) is 23.4 Å². The average Bonchev–Trinajstić information content (AvgIpc) is 2.70. The molecule has 144 valence electrons. The lowest BCUT2D eigenvalue weighted by Gasteiger charge is -2.25. The maximum absolute atomic E-state index is 13.1. The number of carbonyl (C=O) groups is 1. The van der Waals surface area contributed by atoms with Crippen molar-refractivity contribution < 1.29 is 14.3 Å². The molecular formula is C22H22N2O4. The molecule has 2 aromatic carbocycles. The first-order valence-corrected chi connectivity index (χ1v) is 9.35. The normalized spacial score (nSPS) is 14.1. The van der Waals surface area contributed by atoms with Crippen molar-refractivity contribution >= 4 is 16.8 Å². The molecular weight excluding hydrogens is 356 g/mol. The topological polar surface area (TPSA) is 80.4 Å². The Bertz CT molecular complexity index is 1090. The van der Waals surface area contributed by atoms with E-state index in [1.165, 1.54) is 6.07 Å². The van der Waals surface area contributed by atoms with Crippen LogP contribution < -0.4 is 20.3 Å². The standard InChI is InChI=1S/C22H22N2O4/c1-13(2)21(14-7-8-18-19(11-14)28-10-9-27-18)24-22(26)16-12-20(25)23-17-6-4-3-5-15(16)17/h3-8,11-13,21H,9-10H2,1-2H3,(H,23,25)(H,24,26)/t21-/m1/s1. The van der Waals surface area contributed by atoms with Crippen molar-refractivity contribution in [3.8, 4) is 11.5 Å². The zero-order valence-corrected chi connectivity index (χ0v) is 15.8. The zero-order valence-electron chi connectivity index (χ0n) is 15.8. The number of aromatic amines is 1. The summed E-state index contributed by atoms with van der Waals surface area (Å²) in [6.45, 7) is 5.12. The first-order chi connectivity index (χ1) is 13.5. The minimum Gasteiger partial charge on any atom is -0.486 e. The second kappa shape index (κ2) is 7.38. The lowest BCUT2D eigenvalue weighted by atomic mass is 9.95. The van der Waals surface area contributed by atoms with E-state index in [0.717, 1.165) is 5.56 Å². The van der Waals surface area contributed by atoms with Crippen molar-refractivity contribution in [3.63, 3.8) is 0 Å². The Morgan fingerprint density at radius 3 is 2.57 bits per heavy atom. The van der Waals surface area contributed by atoms with Crippen LogP contribution >= 0.6 is 0 Å². The van der Waals surface area contributed by atoms with Crippen molar-refractivity contribution in [2.75, 3.05) is 13.2 Å². The lowest BCUT2D eigenvalue weighted by molar-refractivity contribution is 0.0927. The Morgan fingerprint density at radius 1 is 1.04 bits per heavy atom. The van der Waals surface area contributed by atoms with Crippen LogP contribution in [0.5, 0.6) is 11.5 Å². The minimum absolute atomic E-state index is 0.139. The van der Waals surface area contributed by atoms with E-state index in [0.29, 0.717) is 41.2 Å². The van der Waals surface area contributed by atoms with Crippen molar-refractivity contribution in [1.29, 1.82) is 0 Å². The first kappa shape index (κ1) is 18.1. The average molecular weight is 378 g/mol. The second-order valence-corrected chi connectivity index (χ2v) is 7.19. The highest BCUT2D eigenvalue weighted by Gasteiger charge is 2.23. The summed E-state index contributed by atoms with van der Waals surface area (Å²) in [7, 11) is 0. The third kappa shape index (κ3) is 3.45. The van der Waals surface area contributed by atoms with Crippen LogP contribution in [0.4, 0.5) is 0 Å². The Hall–Kier alpha value is -3.28. The second-order valence-electron chi connectivity index (χ2n) is 7.19. The molecule has 6 heteroatoms. The van der Waals surface area contributed by atoms with Gasteiger partial charge >= 0.3 is 0 Å². The van der Waals surface area contributed by atoms with Gasteiger partial charge in [0.2, 0.25) is 5.56 Å². The highest BCUT2D eigenvalue weighted by Crippen LogP contribution is 2.34. The fourth-order valence-electron chi connectivity index (χ4n) is 3.50. The van der Waals surface area contributed by atoms with Gasteiger partial charge in [-0.25, -0.2) is 0 Å². The van der Waals surface area contributed by atoms with E-state index >= 15 is 0 Å². The molecule has 2 N–H and O–H groups in total. The number of rotatable bonds is 4. The molecule has 6 nitrogen and oxygen atoms in total. The predicted molar refractivity (Wildman–Crippen MR) is 107 cm³/mol. The fraction of sp³-hybridized carbons (Fsp3) is 0.273. The van der Waals surface area contributed by atoms with Crippen molar-refractivity contribution in [1.82, 2.24) is 10.3 Å². The van der Waals surface area contributed by atoms with Gasteiger partial charge in [0, 0.05) is 17.0 Å². The van der Waals surface area contributed by atoms with Gasteiger partial charge in [-0.05, 0) is 29.7 Å². The summed E-state index contributed by atoms with van der Waals surface area (Å²) in [5.41, 5.74) is 1.63. The molecule has 0 radical (unpaired) electrons. The van der Waals surface area contributed by atoms with E-state index in [2.05, 4.69) is 10.3 Å². The molecule has 0 unspecified atom stereocenters. The monoisotopic (exact) mass is 378 g/mol. The molecule has 0 bridgehead atoms. The van der Waals surface area contributed by atoms with Gasteiger partial charge in [0.25, 0.3) is 5.91 Å². The van der Waals surface area contributed by atoms with Crippen molar-refractivity contribution in [2.24, 2.45) is 5.92 Å². The number of benzene rings is 2. The molecule has 0 spiro atoms. The van der Waals surface area contributed by atoms with Crippen LogP contribution in [0.25, 0.3) is 10.9 Å². The quantitative estimate of drug-likeness (QED) is 0.729. The van der Waals surface area contributed by atoms with E-state index in [4.69, 9.17) is 9.47 Å². The molecule has 1 aromatic heterocycles. The number of H-pyrrole nitrogens is 1. The maximum atomic E-state index is 13.1. The molecule has 28 heavy (non-hydrogen) atoms. The van der Waals surface area contributed by atoms with Gasteiger partial charge in [-0.15, -0.1) is 0 Å². The molecule has 2 heterocycles. The number of hydrogen-bond acceptors (Lipinski definition) is 4. The number of carbonyl (C=O) groups excluding carboxylic acids is 1. The molecule has 1 aliphatic rings. The van der Waals surface area contributed by atoms with Crippen LogP contribution in [0.15, 0.2) is 53.3 Å². The van der Waals surface area contributed by atoms with E-state index < -0.39 is 0 Å². The molecule has 0 saturated carbocycles. The van der Waals surface area contributed by atoms with Crippen LogP contribution in [0.2, 0.25) is 0 Å². The number of hydrogen-bond donors (Lipinski definition) is 2. The number of fused-ring (bicyclic) bond motifs is 2. The molecule has 1 atom stereocenters. The Kier molecular flexibility index (Phi) is 4.77. The summed E-state index contributed by atoms with van der Waals surface area (Å²) < 4.78 is 11.3. The van der Waals surface area contributed by atoms with Gasteiger partial charge in [0.15, 0.2) is 11.5 Å². The molecule has 3 aromatic rings. The summed E-state index contributed by atoms with van der Waals surface area (Å²) >= 11 is 0. The van der Waals surface area contributed by atoms with Gasteiger partial charge < -0.3 is 19.8 Å². The van der Waals surface area contributed by atoms with E-state index in [1.807, 2.05) is 50.2 Å². The molecule has 0 fully saturated rings. The number of para-hydroxylation sites is 1. The number of aromatic nitrogens is 1. The Balaban J connectivity index is 1.68. The largest absolute Gasteiger partial charge is 0.486 e. The minimum atomic E-state index is -0.302. The summed E-state index contributed by atoms with van der Waals surface area (Å²) in [5.74, 6) is 1.25. The predicted octanol–water partition coefficient (Wildman–Crippen LogP) is 3.43. The van der Waals surface area contributed by atoms with Crippen LogP contribution in [-0.2, 0) is 0 Å². The fourth-order valence-corrected chi connectivity index (χ4v) is 3.50. The van der Waals surface area contributed by atoms with Gasteiger partial charge in [-0.1, -0.05) is 38.1 Å². The summed E-state index contributed by atoms with van der Waals surface area (Å²) in [6.07, 6.45) is 0. The van der Waals surface area contributed by atoms with Gasteiger partial charge in [-0.2, -0.15) is 0 Å². The number of nitrogens with one attached hydrogen (secondary N) is 2. The zero-order chi connectivity index (χ0) is 19.7. The molecule has 0 saturated heterocycles. The number of ether oxygens (including phenoxy) is 2. The summed E-state index contributed by atoms with van der Waals surface area (Å²) in [6, 6.07) is 14.1. The third-order valence-electron chi connectivity index (χ3n) is 4.87. The molecule has 0 aliphatic carbocycles. The van der Waals surface area contributed by atoms with Crippen molar-refractivity contribution in [2.45, 2.75) is 19.9 Å².